The van der Waals surface area contributed by atoms with Crippen molar-refractivity contribution in [2.75, 3.05) is 6.54 Å². The third-order valence-corrected chi connectivity index (χ3v) is 3.98. The van der Waals surface area contributed by atoms with Gasteiger partial charge in [-0.15, -0.1) is 0 Å². The zero-order valence-corrected chi connectivity index (χ0v) is 12.7. The minimum absolute atomic E-state index is 0.0423. The number of halogens is 2. The Kier molecular flexibility index (Phi) is 4.89. The molecule has 0 aromatic heterocycles. The highest BCUT2D eigenvalue weighted by Crippen LogP contribution is 2.26. The molecule has 0 spiro atoms. The molecule has 1 fully saturated rings. The molecule has 1 aromatic rings. The maximum Gasteiger partial charge on any atom is 0.245 e. The molecular weight excluding hydrogens is 299 g/mol. The van der Waals surface area contributed by atoms with Crippen LogP contribution in [0.1, 0.15) is 25.3 Å². The number of amides is 2. The van der Waals surface area contributed by atoms with Crippen LogP contribution in [0.3, 0.4) is 0 Å². The molecule has 6 heteroatoms. The molecule has 1 atom stereocenters. The molecule has 20 heavy (non-hydrogen) atoms. The number of rotatable bonds is 4. The molecule has 2 rings (SSSR count). The molecule has 1 aliphatic rings. The van der Waals surface area contributed by atoms with E-state index in [-0.39, 0.29) is 24.9 Å². The lowest BCUT2D eigenvalue weighted by atomic mass is 10.1. The SMILES string of the molecule is CCCC1NC(=O)CN(Cc2c(Cl)cccc2Cl)C1=O. The summed E-state index contributed by atoms with van der Waals surface area (Å²) in [6, 6.07) is 4.75. The Morgan fingerprint density at radius 3 is 2.55 bits per heavy atom. The van der Waals surface area contributed by atoms with Crippen molar-refractivity contribution in [3.63, 3.8) is 0 Å². The largest absolute Gasteiger partial charge is 0.343 e. The Balaban J connectivity index is 2.19. The van der Waals surface area contributed by atoms with Gasteiger partial charge < -0.3 is 10.2 Å². The van der Waals surface area contributed by atoms with Crippen LogP contribution < -0.4 is 5.32 Å². The first-order chi connectivity index (χ1) is 9.52. The minimum atomic E-state index is -0.442. The quantitative estimate of drug-likeness (QED) is 0.928. The van der Waals surface area contributed by atoms with Gasteiger partial charge in [0.05, 0.1) is 6.54 Å². The van der Waals surface area contributed by atoms with Crippen LogP contribution in [0, 0.1) is 0 Å². The fourth-order valence-corrected chi connectivity index (χ4v) is 2.78. The van der Waals surface area contributed by atoms with Gasteiger partial charge in [-0.05, 0) is 18.6 Å². The molecule has 4 nitrogen and oxygen atoms in total. The summed E-state index contributed by atoms with van der Waals surface area (Å²) in [5.41, 5.74) is 0.675. The van der Waals surface area contributed by atoms with E-state index in [0.717, 1.165) is 6.42 Å². The third-order valence-electron chi connectivity index (χ3n) is 3.27. The molecular formula is C14H16Cl2N2O2. The fourth-order valence-electron chi connectivity index (χ4n) is 2.27. The number of nitrogens with one attached hydrogen (secondary N) is 1. The summed E-state index contributed by atoms with van der Waals surface area (Å²) in [5.74, 6) is -0.228. The molecule has 1 N–H and O–H groups in total. The van der Waals surface area contributed by atoms with Gasteiger partial charge in [0.2, 0.25) is 11.8 Å². The standard InChI is InChI=1S/C14H16Cl2N2O2/c1-2-4-12-14(20)18(8-13(19)17-12)7-9-10(15)5-3-6-11(9)16/h3,5-6,12H,2,4,7-8H2,1H3,(H,17,19). The Morgan fingerprint density at radius 2 is 1.95 bits per heavy atom. The van der Waals surface area contributed by atoms with E-state index in [1.807, 2.05) is 6.92 Å². The van der Waals surface area contributed by atoms with Crippen molar-refractivity contribution in [3.8, 4) is 0 Å². The average molecular weight is 315 g/mol. The molecule has 1 aliphatic heterocycles. The lowest BCUT2D eigenvalue weighted by molar-refractivity contribution is -0.145. The molecule has 0 saturated carbocycles. The lowest BCUT2D eigenvalue weighted by Gasteiger charge is -2.32. The number of hydrogen-bond donors (Lipinski definition) is 1. The summed E-state index contributed by atoms with van der Waals surface area (Å²) in [5, 5.41) is 3.72. The normalized spacial score (nSPS) is 19.1. The second-order valence-electron chi connectivity index (χ2n) is 4.80. The Bertz CT molecular complexity index is 514. The summed E-state index contributed by atoms with van der Waals surface area (Å²) < 4.78 is 0. The van der Waals surface area contributed by atoms with E-state index in [9.17, 15) is 9.59 Å². The van der Waals surface area contributed by atoms with Crippen LogP contribution in [0.15, 0.2) is 18.2 Å². The maximum atomic E-state index is 12.3. The fraction of sp³-hybridized carbons (Fsp3) is 0.429. The van der Waals surface area contributed by atoms with Crippen molar-refractivity contribution in [3.05, 3.63) is 33.8 Å². The zero-order chi connectivity index (χ0) is 14.7. The summed E-state index contributed by atoms with van der Waals surface area (Å²) in [7, 11) is 0. The second kappa shape index (κ2) is 6.46. The highest BCUT2D eigenvalue weighted by molar-refractivity contribution is 6.36. The van der Waals surface area contributed by atoms with Crippen molar-refractivity contribution < 1.29 is 9.59 Å². The Hall–Kier alpha value is -1.26. The second-order valence-corrected chi connectivity index (χ2v) is 5.62. The van der Waals surface area contributed by atoms with Gasteiger partial charge in [0, 0.05) is 22.2 Å². The first kappa shape index (κ1) is 15.1. The first-order valence-corrected chi connectivity index (χ1v) is 7.29. The molecule has 1 unspecified atom stereocenters. The Labute approximate surface area is 128 Å². The van der Waals surface area contributed by atoms with Crippen molar-refractivity contribution in [2.45, 2.75) is 32.4 Å². The van der Waals surface area contributed by atoms with E-state index in [1.165, 1.54) is 4.90 Å². The summed E-state index contributed by atoms with van der Waals surface area (Å²) in [4.78, 5) is 25.5. The number of benzene rings is 1. The smallest absolute Gasteiger partial charge is 0.245 e. The van der Waals surface area contributed by atoms with Crippen LogP contribution in [-0.4, -0.2) is 29.3 Å². The molecule has 1 heterocycles. The van der Waals surface area contributed by atoms with Crippen LogP contribution in [0.4, 0.5) is 0 Å². The van der Waals surface area contributed by atoms with Gasteiger partial charge in [-0.25, -0.2) is 0 Å². The monoisotopic (exact) mass is 314 g/mol. The van der Waals surface area contributed by atoms with E-state index >= 15 is 0 Å². The Morgan fingerprint density at radius 1 is 1.30 bits per heavy atom. The number of carbonyl (C=O) groups is 2. The summed E-state index contributed by atoms with van der Waals surface area (Å²) in [6.45, 7) is 2.27. The van der Waals surface area contributed by atoms with Gasteiger partial charge in [0.15, 0.2) is 0 Å². The van der Waals surface area contributed by atoms with Crippen LogP contribution >= 0.6 is 23.2 Å². The van der Waals surface area contributed by atoms with E-state index in [4.69, 9.17) is 23.2 Å². The minimum Gasteiger partial charge on any atom is -0.343 e. The molecule has 0 radical (unpaired) electrons. The molecule has 0 bridgehead atoms. The van der Waals surface area contributed by atoms with Crippen LogP contribution in [0.5, 0.6) is 0 Å². The molecule has 1 aromatic carbocycles. The van der Waals surface area contributed by atoms with Crippen LogP contribution in [0.25, 0.3) is 0 Å². The number of hydrogen-bond acceptors (Lipinski definition) is 2. The van der Waals surface area contributed by atoms with E-state index in [0.29, 0.717) is 22.0 Å². The van der Waals surface area contributed by atoms with Gasteiger partial charge in [-0.3, -0.25) is 9.59 Å². The van der Waals surface area contributed by atoms with Crippen LogP contribution in [0.2, 0.25) is 10.0 Å². The van der Waals surface area contributed by atoms with Gasteiger partial charge in [-0.2, -0.15) is 0 Å². The predicted octanol–water partition coefficient (Wildman–Crippen LogP) is 2.62. The molecule has 1 saturated heterocycles. The molecule has 2 amide bonds. The number of nitrogens with zero attached hydrogens (tertiary/aromatic N) is 1. The van der Waals surface area contributed by atoms with E-state index in [2.05, 4.69) is 5.32 Å². The first-order valence-electron chi connectivity index (χ1n) is 6.54. The van der Waals surface area contributed by atoms with E-state index < -0.39 is 6.04 Å². The summed E-state index contributed by atoms with van der Waals surface area (Å²) >= 11 is 12.2. The third kappa shape index (κ3) is 3.25. The highest BCUT2D eigenvalue weighted by Gasteiger charge is 2.32. The highest BCUT2D eigenvalue weighted by atomic mass is 35.5. The van der Waals surface area contributed by atoms with Crippen molar-refractivity contribution in [1.29, 1.82) is 0 Å². The molecule has 0 aliphatic carbocycles. The van der Waals surface area contributed by atoms with Crippen molar-refractivity contribution in [1.82, 2.24) is 10.2 Å². The predicted molar refractivity (Wildman–Crippen MR) is 78.7 cm³/mol. The van der Waals surface area contributed by atoms with Gasteiger partial charge >= 0.3 is 0 Å². The topological polar surface area (TPSA) is 49.4 Å². The van der Waals surface area contributed by atoms with Crippen molar-refractivity contribution in [2.24, 2.45) is 0 Å². The number of piperazine rings is 1. The maximum absolute atomic E-state index is 12.3. The molecule has 108 valence electrons. The zero-order valence-electron chi connectivity index (χ0n) is 11.2. The van der Waals surface area contributed by atoms with Crippen LogP contribution in [-0.2, 0) is 16.1 Å². The summed E-state index contributed by atoms with van der Waals surface area (Å²) in [6.07, 6.45) is 1.47. The number of carbonyl (C=O) groups excluding carboxylic acids is 2. The average Bonchev–Trinajstić information content (AvgIpc) is 2.39. The van der Waals surface area contributed by atoms with E-state index in [1.54, 1.807) is 18.2 Å². The lowest BCUT2D eigenvalue weighted by Crippen LogP contribution is -2.57. The van der Waals surface area contributed by atoms with Gasteiger partial charge in [0.25, 0.3) is 0 Å². The van der Waals surface area contributed by atoms with Gasteiger partial charge in [0.1, 0.15) is 6.04 Å². The van der Waals surface area contributed by atoms with Crippen molar-refractivity contribution >= 4 is 35.0 Å². The van der Waals surface area contributed by atoms with Gasteiger partial charge in [-0.1, -0.05) is 42.6 Å².